The maximum atomic E-state index is 11.1. The Labute approximate surface area is 129 Å². The second kappa shape index (κ2) is 5.31. The number of thioether (sulfide) groups is 1. The number of allylic oxidation sites excluding steroid dienone is 2. The molecule has 110 valence electrons. The summed E-state index contributed by atoms with van der Waals surface area (Å²) in [6.45, 7) is 0. The molecule has 8 heteroatoms. The summed E-state index contributed by atoms with van der Waals surface area (Å²) in [4.78, 5) is 21.1. The first-order valence-electron chi connectivity index (χ1n) is 6.39. The van der Waals surface area contributed by atoms with Crippen molar-refractivity contribution in [1.82, 2.24) is 0 Å². The summed E-state index contributed by atoms with van der Waals surface area (Å²) in [7, 11) is 0. The van der Waals surface area contributed by atoms with Gasteiger partial charge in [-0.05, 0) is 24.3 Å². The Morgan fingerprint density at radius 3 is 2.43 bits per heavy atom. The molecule has 1 saturated carbocycles. The molecule has 2 aliphatic carbocycles. The second-order valence-corrected chi connectivity index (χ2v) is 6.87. The normalized spacial score (nSPS) is 29.8. The zero-order chi connectivity index (χ0) is 15.1. The maximum absolute atomic E-state index is 11.1. The van der Waals surface area contributed by atoms with Gasteiger partial charge in [0.15, 0.2) is 0 Å². The Balaban J connectivity index is 1.90. The van der Waals surface area contributed by atoms with Crippen molar-refractivity contribution in [3.8, 4) is 0 Å². The number of nitrogens with zero attached hydrogens (tertiary/aromatic N) is 2. The molecule has 21 heavy (non-hydrogen) atoms. The van der Waals surface area contributed by atoms with E-state index in [0.717, 1.165) is 12.5 Å². The van der Waals surface area contributed by atoms with Crippen LogP contribution in [-0.2, 0) is 0 Å². The highest BCUT2D eigenvalue weighted by molar-refractivity contribution is 8.00. The van der Waals surface area contributed by atoms with Gasteiger partial charge in [-0.3, -0.25) is 20.2 Å². The number of non-ortho nitro benzene ring substituents is 1. The lowest BCUT2D eigenvalue weighted by Gasteiger charge is -2.22. The van der Waals surface area contributed by atoms with E-state index in [1.54, 1.807) is 0 Å². The summed E-state index contributed by atoms with van der Waals surface area (Å²) in [6, 6.07) is 3.75. The Morgan fingerprint density at radius 1 is 1.14 bits per heavy atom. The molecule has 0 heterocycles. The van der Waals surface area contributed by atoms with Crippen LogP contribution in [0.3, 0.4) is 0 Å². The molecule has 2 aliphatic rings. The minimum Gasteiger partial charge on any atom is -0.258 e. The Kier molecular flexibility index (Phi) is 3.62. The predicted molar refractivity (Wildman–Crippen MR) is 79.8 cm³/mol. The van der Waals surface area contributed by atoms with Crippen molar-refractivity contribution in [2.45, 2.75) is 21.9 Å². The minimum absolute atomic E-state index is 0.0557. The first-order chi connectivity index (χ1) is 9.97. The maximum Gasteiger partial charge on any atom is 0.289 e. The largest absolute Gasteiger partial charge is 0.289 e. The summed E-state index contributed by atoms with van der Waals surface area (Å²) >= 11 is 7.74. The third-order valence-corrected chi connectivity index (χ3v) is 6.17. The number of nitro benzene ring substituents is 2. The molecule has 6 nitrogen and oxygen atoms in total. The standard InChI is InChI=1S/C13H11ClN2O4S/c14-12-7-1-2-8(5-7)13(12)21-11-4-3-9(15(17)18)6-10(11)16(19)20/h1-4,6-8,12-13H,5H2/t7-,8+,12+,13+/m1/s1. The first-order valence-corrected chi connectivity index (χ1v) is 7.71. The summed E-state index contributed by atoms with van der Waals surface area (Å²) in [6.07, 6.45) is 5.19. The van der Waals surface area contributed by atoms with Gasteiger partial charge in [0, 0.05) is 11.3 Å². The van der Waals surface area contributed by atoms with Crippen LogP contribution in [0, 0.1) is 32.1 Å². The quantitative estimate of drug-likeness (QED) is 0.364. The number of halogens is 1. The topological polar surface area (TPSA) is 86.3 Å². The molecular formula is C13H11ClN2O4S. The van der Waals surface area contributed by atoms with Gasteiger partial charge in [-0.15, -0.1) is 23.4 Å². The van der Waals surface area contributed by atoms with Gasteiger partial charge >= 0.3 is 0 Å². The van der Waals surface area contributed by atoms with E-state index in [9.17, 15) is 20.2 Å². The number of rotatable bonds is 4. The fourth-order valence-electron chi connectivity index (χ4n) is 2.88. The van der Waals surface area contributed by atoms with E-state index in [0.29, 0.717) is 16.7 Å². The van der Waals surface area contributed by atoms with E-state index in [1.165, 1.54) is 23.9 Å². The molecule has 1 aromatic rings. The zero-order valence-electron chi connectivity index (χ0n) is 10.7. The second-order valence-electron chi connectivity index (χ2n) is 5.14. The highest BCUT2D eigenvalue weighted by Gasteiger charge is 2.44. The first kappa shape index (κ1) is 14.3. The van der Waals surface area contributed by atoms with Crippen molar-refractivity contribution in [3.05, 3.63) is 50.6 Å². The number of hydrogen-bond acceptors (Lipinski definition) is 5. The molecule has 0 N–H and O–H groups in total. The average molecular weight is 327 g/mol. The number of fused-ring (bicyclic) bond motifs is 2. The summed E-state index contributed by atoms with van der Waals surface area (Å²) in [5, 5.41) is 21.9. The molecule has 0 radical (unpaired) electrons. The zero-order valence-corrected chi connectivity index (χ0v) is 12.3. The van der Waals surface area contributed by atoms with Crippen LogP contribution in [-0.4, -0.2) is 20.5 Å². The summed E-state index contributed by atoms with van der Waals surface area (Å²) in [5.74, 6) is 0.642. The SMILES string of the molecule is O=[N+]([O-])c1ccc(S[C@@H]2[C@@H](Cl)[C@@H]3C=C[C@H]2C3)c([N+](=O)[O-])c1. The van der Waals surface area contributed by atoms with Crippen molar-refractivity contribution in [2.24, 2.45) is 11.8 Å². The molecular weight excluding hydrogens is 316 g/mol. The molecule has 3 rings (SSSR count). The Hall–Kier alpha value is -1.60. The third-order valence-electron chi connectivity index (χ3n) is 3.91. The van der Waals surface area contributed by atoms with Gasteiger partial charge in [0.05, 0.1) is 26.2 Å². The summed E-state index contributed by atoms with van der Waals surface area (Å²) in [5.41, 5.74) is -0.508. The van der Waals surface area contributed by atoms with Crippen molar-refractivity contribution < 1.29 is 9.85 Å². The summed E-state index contributed by atoms with van der Waals surface area (Å²) < 4.78 is 0. The Morgan fingerprint density at radius 2 is 1.86 bits per heavy atom. The van der Waals surface area contributed by atoms with Crippen LogP contribution in [0.5, 0.6) is 0 Å². The van der Waals surface area contributed by atoms with Gasteiger partial charge in [0.25, 0.3) is 11.4 Å². The van der Waals surface area contributed by atoms with Gasteiger partial charge in [-0.1, -0.05) is 12.2 Å². The molecule has 0 amide bonds. The van der Waals surface area contributed by atoms with Crippen LogP contribution in [0.25, 0.3) is 0 Å². The van der Waals surface area contributed by atoms with Crippen LogP contribution in [0.2, 0.25) is 0 Å². The highest BCUT2D eigenvalue weighted by atomic mass is 35.5. The van der Waals surface area contributed by atoms with Crippen molar-refractivity contribution >= 4 is 34.7 Å². The lowest BCUT2D eigenvalue weighted by molar-refractivity contribution is -0.396. The van der Waals surface area contributed by atoms with Gasteiger partial charge in [0.2, 0.25) is 0 Å². The van der Waals surface area contributed by atoms with E-state index in [-0.39, 0.29) is 22.0 Å². The van der Waals surface area contributed by atoms with Crippen LogP contribution >= 0.6 is 23.4 Å². The molecule has 0 unspecified atom stereocenters. The number of hydrogen-bond donors (Lipinski definition) is 0. The van der Waals surface area contributed by atoms with Crippen molar-refractivity contribution in [1.29, 1.82) is 0 Å². The molecule has 2 bridgehead atoms. The molecule has 0 aromatic heterocycles. The Bertz CT molecular complexity index is 651. The van der Waals surface area contributed by atoms with Crippen LogP contribution in [0.15, 0.2) is 35.2 Å². The van der Waals surface area contributed by atoms with Gasteiger partial charge in [0.1, 0.15) is 0 Å². The van der Waals surface area contributed by atoms with Crippen molar-refractivity contribution in [2.75, 3.05) is 0 Å². The highest BCUT2D eigenvalue weighted by Crippen LogP contribution is 2.51. The fraction of sp³-hybridized carbons (Fsp3) is 0.385. The fourth-order valence-corrected chi connectivity index (χ4v) is 4.81. The average Bonchev–Trinajstić information content (AvgIpc) is 3.02. The molecule has 4 atom stereocenters. The lowest BCUT2D eigenvalue weighted by Crippen LogP contribution is -2.22. The molecule has 0 aliphatic heterocycles. The van der Waals surface area contributed by atoms with Crippen LogP contribution in [0.4, 0.5) is 11.4 Å². The predicted octanol–water partition coefficient (Wildman–Crippen LogP) is 3.78. The van der Waals surface area contributed by atoms with Crippen molar-refractivity contribution in [3.63, 3.8) is 0 Å². The smallest absolute Gasteiger partial charge is 0.258 e. The molecule has 1 aromatic carbocycles. The van der Waals surface area contributed by atoms with E-state index in [1.807, 2.05) is 0 Å². The minimum atomic E-state index is -0.633. The third kappa shape index (κ3) is 2.51. The number of nitro groups is 2. The van der Waals surface area contributed by atoms with Crippen LogP contribution in [0.1, 0.15) is 6.42 Å². The molecule has 0 spiro atoms. The van der Waals surface area contributed by atoms with Crippen LogP contribution < -0.4 is 0 Å². The number of benzene rings is 1. The van der Waals surface area contributed by atoms with E-state index in [2.05, 4.69) is 12.2 Å². The van der Waals surface area contributed by atoms with Gasteiger partial charge in [-0.2, -0.15) is 0 Å². The lowest BCUT2D eigenvalue weighted by atomic mass is 10.1. The van der Waals surface area contributed by atoms with E-state index in [4.69, 9.17) is 11.6 Å². The molecule has 1 fully saturated rings. The number of alkyl halides is 1. The molecule has 0 saturated heterocycles. The van der Waals surface area contributed by atoms with Gasteiger partial charge in [-0.25, -0.2) is 0 Å². The van der Waals surface area contributed by atoms with E-state index >= 15 is 0 Å². The van der Waals surface area contributed by atoms with Gasteiger partial charge < -0.3 is 0 Å². The van der Waals surface area contributed by atoms with E-state index < -0.39 is 9.85 Å². The monoisotopic (exact) mass is 326 g/mol.